The van der Waals surface area contributed by atoms with E-state index >= 15 is 0 Å². The number of hydrogen-bond acceptors (Lipinski definition) is 5. The molecule has 10 heteroatoms. The van der Waals surface area contributed by atoms with Gasteiger partial charge in [-0.3, -0.25) is 20.4 Å². The molecule has 2 amide bonds. The lowest BCUT2D eigenvalue weighted by atomic mass is 10.2. The number of amides is 2. The summed E-state index contributed by atoms with van der Waals surface area (Å²) in [5.41, 5.74) is 4.58. The standard InChI is InChI=1S/C18H20FN3O5S/c1-3-20-28(25,26)16-10-4-13(5-11-16)18(24)22-21-17(23)12(2)27-15-8-6-14(19)7-9-15/h4-12,20H,3H2,1-2H3,(H,21,23)(H,22,24)/t12-/m1/s1. The van der Waals surface area contributed by atoms with Gasteiger partial charge >= 0.3 is 0 Å². The van der Waals surface area contributed by atoms with Crippen molar-refractivity contribution >= 4 is 21.8 Å². The fourth-order valence-corrected chi connectivity index (χ4v) is 3.16. The van der Waals surface area contributed by atoms with Crippen molar-refractivity contribution in [3.8, 4) is 5.75 Å². The van der Waals surface area contributed by atoms with E-state index in [2.05, 4.69) is 15.6 Å². The van der Waals surface area contributed by atoms with E-state index in [4.69, 9.17) is 4.74 Å². The molecular formula is C18H20FN3O5S. The highest BCUT2D eigenvalue weighted by molar-refractivity contribution is 7.89. The largest absolute Gasteiger partial charge is 0.481 e. The van der Waals surface area contributed by atoms with Gasteiger partial charge in [0.2, 0.25) is 10.0 Å². The van der Waals surface area contributed by atoms with Crippen molar-refractivity contribution in [1.29, 1.82) is 0 Å². The van der Waals surface area contributed by atoms with Gasteiger partial charge in [-0.15, -0.1) is 0 Å². The van der Waals surface area contributed by atoms with Crippen LogP contribution in [0.3, 0.4) is 0 Å². The minimum absolute atomic E-state index is 0.0243. The van der Waals surface area contributed by atoms with Crippen molar-refractivity contribution in [2.24, 2.45) is 0 Å². The average molecular weight is 409 g/mol. The van der Waals surface area contributed by atoms with Gasteiger partial charge in [-0.2, -0.15) is 0 Å². The number of rotatable bonds is 7. The average Bonchev–Trinajstić information content (AvgIpc) is 2.67. The molecule has 0 radical (unpaired) electrons. The molecule has 0 saturated carbocycles. The van der Waals surface area contributed by atoms with E-state index in [-0.39, 0.29) is 17.0 Å². The van der Waals surface area contributed by atoms with E-state index in [1.807, 2.05) is 0 Å². The van der Waals surface area contributed by atoms with Crippen LogP contribution in [0, 0.1) is 5.82 Å². The molecule has 0 saturated heterocycles. The van der Waals surface area contributed by atoms with Crippen LogP contribution in [-0.4, -0.2) is 32.9 Å². The van der Waals surface area contributed by atoms with Crippen LogP contribution in [0.4, 0.5) is 4.39 Å². The second-order valence-corrected chi connectivity index (χ2v) is 7.45. The number of ether oxygens (including phenoxy) is 1. The van der Waals surface area contributed by atoms with Gasteiger partial charge in [-0.25, -0.2) is 17.5 Å². The fourth-order valence-electron chi connectivity index (χ4n) is 2.12. The van der Waals surface area contributed by atoms with Crippen molar-refractivity contribution in [2.75, 3.05) is 6.54 Å². The maximum Gasteiger partial charge on any atom is 0.279 e. The summed E-state index contributed by atoms with van der Waals surface area (Å²) in [5.74, 6) is -1.38. The van der Waals surface area contributed by atoms with E-state index in [0.29, 0.717) is 5.75 Å². The van der Waals surface area contributed by atoms with Gasteiger partial charge in [0.15, 0.2) is 6.10 Å². The van der Waals surface area contributed by atoms with E-state index in [9.17, 15) is 22.4 Å². The molecule has 0 fully saturated rings. The summed E-state index contributed by atoms with van der Waals surface area (Å²) in [6.07, 6.45) is -0.946. The predicted octanol–water partition coefficient (Wildman–Crippen LogP) is 1.35. The Morgan fingerprint density at radius 1 is 1.04 bits per heavy atom. The lowest BCUT2D eigenvalue weighted by Gasteiger charge is -2.15. The molecule has 0 aliphatic carbocycles. The molecule has 2 aromatic rings. The highest BCUT2D eigenvalue weighted by atomic mass is 32.2. The Labute approximate surface area is 162 Å². The lowest BCUT2D eigenvalue weighted by molar-refractivity contribution is -0.128. The third-order valence-electron chi connectivity index (χ3n) is 3.56. The van der Waals surface area contributed by atoms with Crippen LogP contribution >= 0.6 is 0 Å². The number of hydrogen-bond donors (Lipinski definition) is 3. The number of nitrogens with one attached hydrogen (secondary N) is 3. The summed E-state index contributed by atoms with van der Waals surface area (Å²) < 4.78 is 44.3. The first-order chi connectivity index (χ1) is 13.2. The third kappa shape index (κ3) is 5.76. The summed E-state index contributed by atoms with van der Waals surface area (Å²) in [7, 11) is -3.61. The van der Waals surface area contributed by atoms with E-state index < -0.39 is 33.8 Å². The fraction of sp³-hybridized carbons (Fsp3) is 0.222. The minimum atomic E-state index is -3.61. The zero-order chi connectivity index (χ0) is 20.7. The van der Waals surface area contributed by atoms with Crippen LogP contribution in [0.2, 0.25) is 0 Å². The van der Waals surface area contributed by atoms with E-state index in [0.717, 1.165) is 0 Å². The monoisotopic (exact) mass is 409 g/mol. The molecular weight excluding hydrogens is 389 g/mol. The number of halogens is 1. The smallest absolute Gasteiger partial charge is 0.279 e. The highest BCUT2D eigenvalue weighted by Gasteiger charge is 2.17. The molecule has 3 N–H and O–H groups in total. The molecule has 0 bridgehead atoms. The van der Waals surface area contributed by atoms with Crippen LogP contribution < -0.4 is 20.3 Å². The molecule has 28 heavy (non-hydrogen) atoms. The van der Waals surface area contributed by atoms with Crippen molar-refractivity contribution < 1.29 is 27.1 Å². The summed E-state index contributed by atoms with van der Waals surface area (Å²) in [6.45, 7) is 3.36. The molecule has 0 aliphatic rings. The van der Waals surface area contributed by atoms with E-state index in [1.54, 1.807) is 6.92 Å². The normalized spacial score (nSPS) is 12.1. The Hall–Kier alpha value is -2.98. The van der Waals surface area contributed by atoms with Crippen LogP contribution in [0.15, 0.2) is 53.4 Å². The third-order valence-corrected chi connectivity index (χ3v) is 5.12. The Balaban J connectivity index is 1.90. The van der Waals surface area contributed by atoms with Gasteiger partial charge in [0.05, 0.1) is 4.90 Å². The Morgan fingerprint density at radius 3 is 2.21 bits per heavy atom. The molecule has 0 unspecified atom stereocenters. The molecule has 0 heterocycles. The Kier molecular flexibility index (Phi) is 7.07. The summed E-state index contributed by atoms with van der Waals surface area (Å²) in [6, 6.07) is 10.4. The maximum atomic E-state index is 12.9. The molecule has 0 aliphatic heterocycles. The number of sulfonamides is 1. The topological polar surface area (TPSA) is 114 Å². The van der Waals surface area contributed by atoms with Crippen molar-refractivity contribution in [1.82, 2.24) is 15.6 Å². The van der Waals surface area contributed by atoms with Gasteiger partial charge in [0.1, 0.15) is 11.6 Å². The van der Waals surface area contributed by atoms with Gasteiger partial charge in [0, 0.05) is 12.1 Å². The van der Waals surface area contributed by atoms with Crippen LogP contribution in [0.25, 0.3) is 0 Å². The first kappa shape index (κ1) is 21.3. The Bertz CT molecular complexity index is 931. The maximum absolute atomic E-state index is 12.9. The summed E-state index contributed by atoms with van der Waals surface area (Å²) in [5, 5.41) is 0. The number of carbonyl (C=O) groups excluding carboxylic acids is 2. The molecule has 1 atom stereocenters. The Morgan fingerprint density at radius 2 is 1.64 bits per heavy atom. The number of hydrazine groups is 1. The molecule has 0 spiro atoms. The van der Waals surface area contributed by atoms with Crippen molar-refractivity contribution in [3.05, 3.63) is 59.9 Å². The molecule has 0 aromatic heterocycles. The lowest BCUT2D eigenvalue weighted by Crippen LogP contribution is -2.47. The van der Waals surface area contributed by atoms with Crippen LogP contribution in [0.5, 0.6) is 5.75 Å². The zero-order valence-corrected chi connectivity index (χ0v) is 16.0. The quantitative estimate of drug-likeness (QED) is 0.598. The molecule has 150 valence electrons. The van der Waals surface area contributed by atoms with Gasteiger partial charge < -0.3 is 4.74 Å². The number of carbonyl (C=O) groups is 2. The second-order valence-electron chi connectivity index (χ2n) is 5.68. The van der Waals surface area contributed by atoms with Gasteiger partial charge in [-0.1, -0.05) is 6.92 Å². The highest BCUT2D eigenvalue weighted by Crippen LogP contribution is 2.13. The van der Waals surface area contributed by atoms with Gasteiger partial charge in [-0.05, 0) is 55.5 Å². The molecule has 2 aromatic carbocycles. The first-order valence-corrected chi connectivity index (χ1v) is 9.83. The van der Waals surface area contributed by atoms with Crippen LogP contribution in [0.1, 0.15) is 24.2 Å². The van der Waals surface area contributed by atoms with Crippen molar-refractivity contribution in [3.63, 3.8) is 0 Å². The molecule has 2 rings (SSSR count). The van der Waals surface area contributed by atoms with Crippen molar-refractivity contribution in [2.45, 2.75) is 24.8 Å². The minimum Gasteiger partial charge on any atom is -0.481 e. The van der Waals surface area contributed by atoms with Crippen LogP contribution in [-0.2, 0) is 14.8 Å². The predicted molar refractivity (Wildman–Crippen MR) is 99.4 cm³/mol. The number of benzene rings is 2. The van der Waals surface area contributed by atoms with E-state index in [1.165, 1.54) is 55.5 Å². The SMILES string of the molecule is CCNS(=O)(=O)c1ccc(C(=O)NNC(=O)[C@@H](C)Oc2ccc(F)cc2)cc1. The second kappa shape index (κ2) is 9.29. The first-order valence-electron chi connectivity index (χ1n) is 8.35. The van der Waals surface area contributed by atoms with Gasteiger partial charge in [0.25, 0.3) is 11.8 Å². The zero-order valence-electron chi connectivity index (χ0n) is 15.2. The summed E-state index contributed by atoms with van der Waals surface area (Å²) in [4.78, 5) is 24.1. The summed E-state index contributed by atoms with van der Waals surface area (Å²) >= 11 is 0. The molecule has 8 nitrogen and oxygen atoms in total.